The zero-order chi connectivity index (χ0) is 18.0. The van der Waals surface area contributed by atoms with Crippen molar-refractivity contribution in [3.05, 3.63) is 52.8 Å². The SMILES string of the molecule is CCC1=COC(N2CCN(C(=O)c3cnc(F)cc3C)CC2)C(C)=C1. The molecule has 0 spiro atoms. The zero-order valence-corrected chi connectivity index (χ0v) is 15.0. The molecule has 1 atom stereocenters. The summed E-state index contributed by atoms with van der Waals surface area (Å²) in [7, 11) is 0. The molecule has 2 aliphatic rings. The van der Waals surface area contributed by atoms with Gasteiger partial charge in [0.05, 0.1) is 11.8 Å². The van der Waals surface area contributed by atoms with Crippen LogP contribution in [0.3, 0.4) is 0 Å². The third-order valence-electron chi connectivity index (χ3n) is 4.80. The Bertz CT molecular complexity index is 721. The van der Waals surface area contributed by atoms with Gasteiger partial charge in [-0.3, -0.25) is 9.69 Å². The number of amides is 1. The first kappa shape index (κ1) is 17.6. The smallest absolute Gasteiger partial charge is 0.255 e. The summed E-state index contributed by atoms with van der Waals surface area (Å²) in [6.45, 7) is 8.64. The van der Waals surface area contributed by atoms with Crippen LogP contribution in [0.4, 0.5) is 4.39 Å². The fourth-order valence-corrected chi connectivity index (χ4v) is 3.29. The van der Waals surface area contributed by atoms with Crippen molar-refractivity contribution >= 4 is 5.91 Å². The van der Waals surface area contributed by atoms with Gasteiger partial charge in [-0.05, 0) is 43.0 Å². The highest BCUT2D eigenvalue weighted by atomic mass is 19.1. The standard InChI is InChI=1S/C19H24FN3O2/c1-4-15-9-14(3)19(25-12-15)23-7-5-22(6-8-23)18(24)16-11-21-17(20)10-13(16)2/h9-12,19H,4-8H2,1-3H3. The fourth-order valence-electron chi connectivity index (χ4n) is 3.29. The van der Waals surface area contributed by atoms with Crippen LogP contribution in [0.2, 0.25) is 0 Å². The number of aryl methyl sites for hydroxylation is 1. The summed E-state index contributed by atoms with van der Waals surface area (Å²) in [6.07, 6.45) is 6.24. The van der Waals surface area contributed by atoms with E-state index in [-0.39, 0.29) is 12.1 Å². The highest BCUT2D eigenvalue weighted by Gasteiger charge is 2.29. The molecule has 134 valence electrons. The topological polar surface area (TPSA) is 45.7 Å². The molecular weight excluding hydrogens is 321 g/mol. The second kappa shape index (κ2) is 7.35. The van der Waals surface area contributed by atoms with E-state index in [0.29, 0.717) is 24.2 Å². The maximum absolute atomic E-state index is 13.1. The lowest BCUT2D eigenvalue weighted by atomic mass is 10.1. The number of ether oxygens (including phenoxy) is 1. The van der Waals surface area contributed by atoms with E-state index in [1.54, 1.807) is 11.8 Å². The van der Waals surface area contributed by atoms with Crippen LogP contribution >= 0.6 is 0 Å². The summed E-state index contributed by atoms with van der Waals surface area (Å²) in [6, 6.07) is 1.30. The second-order valence-corrected chi connectivity index (χ2v) is 6.57. The molecule has 1 unspecified atom stereocenters. The number of rotatable bonds is 3. The Morgan fingerprint density at radius 3 is 2.64 bits per heavy atom. The third-order valence-corrected chi connectivity index (χ3v) is 4.80. The Hall–Kier alpha value is -2.21. The van der Waals surface area contributed by atoms with Gasteiger partial charge in [-0.2, -0.15) is 4.39 Å². The van der Waals surface area contributed by atoms with Crippen LogP contribution < -0.4 is 0 Å². The summed E-state index contributed by atoms with van der Waals surface area (Å²) >= 11 is 0. The molecule has 0 radical (unpaired) electrons. The Labute approximate surface area is 147 Å². The minimum Gasteiger partial charge on any atom is -0.479 e. The number of pyridine rings is 1. The lowest BCUT2D eigenvalue weighted by molar-refractivity contribution is -0.0116. The van der Waals surface area contributed by atoms with Crippen molar-refractivity contribution < 1.29 is 13.9 Å². The maximum Gasteiger partial charge on any atom is 0.255 e. The van der Waals surface area contributed by atoms with Crippen LogP contribution in [0.15, 0.2) is 35.7 Å². The molecular formula is C19H24FN3O2. The average molecular weight is 345 g/mol. The first-order chi connectivity index (χ1) is 12.0. The van der Waals surface area contributed by atoms with Crippen LogP contribution in [0, 0.1) is 12.9 Å². The molecule has 25 heavy (non-hydrogen) atoms. The Morgan fingerprint density at radius 1 is 1.32 bits per heavy atom. The summed E-state index contributed by atoms with van der Waals surface area (Å²) in [5.74, 6) is -0.648. The van der Waals surface area contributed by atoms with Gasteiger partial charge in [-0.1, -0.05) is 13.0 Å². The van der Waals surface area contributed by atoms with Crippen LogP contribution in [-0.2, 0) is 4.74 Å². The summed E-state index contributed by atoms with van der Waals surface area (Å²) in [5, 5.41) is 0. The van der Waals surface area contributed by atoms with E-state index in [9.17, 15) is 9.18 Å². The predicted octanol–water partition coefficient (Wildman–Crippen LogP) is 2.88. The molecule has 1 fully saturated rings. The molecule has 0 saturated carbocycles. The van der Waals surface area contributed by atoms with Gasteiger partial charge in [0.2, 0.25) is 5.95 Å². The van der Waals surface area contributed by atoms with Gasteiger partial charge in [-0.15, -0.1) is 0 Å². The maximum atomic E-state index is 13.1. The van der Waals surface area contributed by atoms with Crippen molar-refractivity contribution in [1.29, 1.82) is 0 Å². The molecule has 1 amide bonds. The van der Waals surface area contributed by atoms with Crippen LogP contribution in [-0.4, -0.2) is 53.1 Å². The number of allylic oxidation sites excluding steroid dienone is 2. The zero-order valence-electron chi connectivity index (χ0n) is 15.0. The second-order valence-electron chi connectivity index (χ2n) is 6.57. The molecule has 0 aromatic carbocycles. The molecule has 6 heteroatoms. The van der Waals surface area contributed by atoms with E-state index in [0.717, 1.165) is 19.5 Å². The number of hydrogen-bond acceptors (Lipinski definition) is 4. The van der Waals surface area contributed by atoms with E-state index in [4.69, 9.17) is 4.74 Å². The third kappa shape index (κ3) is 3.74. The Kier molecular flexibility index (Phi) is 5.18. The number of nitrogens with zero attached hydrogens (tertiary/aromatic N) is 3. The molecule has 1 aromatic heterocycles. The van der Waals surface area contributed by atoms with Gasteiger partial charge in [0.15, 0.2) is 6.23 Å². The summed E-state index contributed by atoms with van der Waals surface area (Å²) in [5.41, 5.74) is 3.47. The molecule has 5 nitrogen and oxygen atoms in total. The van der Waals surface area contributed by atoms with E-state index < -0.39 is 5.95 Å². The van der Waals surface area contributed by atoms with Crippen LogP contribution in [0.25, 0.3) is 0 Å². The minimum atomic E-state index is -0.560. The van der Waals surface area contributed by atoms with E-state index in [1.165, 1.54) is 23.4 Å². The molecule has 0 aliphatic carbocycles. The van der Waals surface area contributed by atoms with E-state index in [2.05, 4.69) is 29.8 Å². The first-order valence-corrected chi connectivity index (χ1v) is 8.67. The lowest BCUT2D eigenvalue weighted by Gasteiger charge is -2.40. The predicted molar refractivity (Wildman–Crippen MR) is 93.4 cm³/mol. The van der Waals surface area contributed by atoms with Crippen molar-refractivity contribution in [1.82, 2.24) is 14.8 Å². The molecule has 1 saturated heterocycles. The van der Waals surface area contributed by atoms with Crippen LogP contribution in [0.1, 0.15) is 36.2 Å². The number of halogens is 1. The van der Waals surface area contributed by atoms with E-state index in [1.807, 2.05) is 6.26 Å². The van der Waals surface area contributed by atoms with Gasteiger partial charge in [0.1, 0.15) is 0 Å². The highest BCUT2D eigenvalue weighted by Crippen LogP contribution is 2.23. The molecule has 2 aliphatic heterocycles. The lowest BCUT2D eigenvalue weighted by Crippen LogP contribution is -2.53. The quantitative estimate of drug-likeness (QED) is 0.790. The monoisotopic (exact) mass is 345 g/mol. The van der Waals surface area contributed by atoms with Crippen LogP contribution in [0.5, 0.6) is 0 Å². The molecule has 3 rings (SSSR count). The highest BCUT2D eigenvalue weighted by molar-refractivity contribution is 5.95. The van der Waals surface area contributed by atoms with Gasteiger partial charge in [-0.25, -0.2) is 4.98 Å². The van der Waals surface area contributed by atoms with E-state index >= 15 is 0 Å². The summed E-state index contributed by atoms with van der Waals surface area (Å²) in [4.78, 5) is 20.3. The Balaban J connectivity index is 1.61. The average Bonchev–Trinajstić information content (AvgIpc) is 2.61. The van der Waals surface area contributed by atoms with Gasteiger partial charge < -0.3 is 9.64 Å². The number of aromatic nitrogens is 1. The minimum absolute atomic E-state index is 0.0539. The fraction of sp³-hybridized carbons (Fsp3) is 0.474. The largest absolute Gasteiger partial charge is 0.479 e. The van der Waals surface area contributed by atoms with Gasteiger partial charge >= 0.3 is 0 Å². The van der Waals surface area contributed by atoms with Crippen molar-refractivity contribution in [2.75, 3.05) is 26.2 Å². The first-order valence-electron chi connectivity index (χ1n) is 8.67. The van der Waals surface area contributed by atoms with Crippen molar-refractivity contribution in [2.24, 2.45) is 0 Å². The molecule has 1 aromatic rings. The van der Waals surface area contributed by atoms with Crippen molar-refractivity contribution in [3.8, 4) is 0 Å². The number of carbonyl (C=O) groups is 1. The van der Waals surface area contributed by atoms with Crippen molar-refractivity contribution in [3.63, 3.8) is 0 Å². The summed E-state index contributed by atoms with van der Waals surface area (Å²) < 4.78 is 19.0. The number of carbonyl (C=O) groups excluding carboxylic acids is 1. The number of piperazine rings is 1. The van der Waals surface area contributed by atoms with Crippen molar-refractivity contribution in [2.45, 2.75) is 33.4 Å². The molecule has 0 bridgehead atoms. The van der Waals surface area contributed by atoms with Gasteiger partial charge in [0, 0.05) is 32.4 Å². The van der Waals surface area contributed by atoms with Gasteiger partial charge in [0.25, 0.3) is 5.91 Å². The Morgan fingerprint density at radius 2 is 2.04 bits per heavy atom. The molecule has 0 N–H and O–H groups in total. The molecule has 3 heterocycles. The number of hydrogen-bond donors (Lipinski definition) is 0. The normalized spacial score (nSPS) is 21.4.